The van der Waals surface area contributed by atoms with E-state index < -0.39 is 0 Å². The van der Waals surface area contributed by atoms with Gasteiger partial charge in [-0.05, 0) is 59.7 Å². The fraction of sp³-hybridized carbons (Fsp3) is 0.219. The molecule has 4 aromatic carbocycles. The molecule has 5 rings (SSSR count). The third-order valence-corrected chi connectivity index (χ3v) is 7.06. The molecule has 1 heterocycles. The van der Waals surface area contributed by atoms with Crippen LogP contribution < -0.4 is 28.7 Å². The average molecular weight is 559 g/mol. The molecule has 0 bridgehead atoms. The Morgan fingerprint density at radius 2 is 1.43 bits per heavy atom. The van der Waals surface area contributed by atoms with Gasteiger partial charge in [-0.2, -0.15) is 5.10 Å². The minimum absolute atomic E-state index is 0.0734. The van der Waals surface area contributed by atoms with E-state index in [0.29, 0.717) is 46.8 Å². The largest absolute Gasteiger partial charge is 0.493 e. The van der Waals surface area contributed by atoms with Crippen LogP contribution >= 0.6 is 11.6 Å². The quantitative estimate of drug-likeness (QED) is 0.203. The highest BCUT2D eigenvalue weighted by Gasteiger charge is 2.31. The van der Waals surface area contributed by atoms with Crippen molar-refractivity contribution in [2.75, 3.05) is 33.4 Å². The Bertz CT molecular complexity index is 1470. The van der Waals surface area contributed by atoms with E-state index in [2.05, 4.69) is 18.2 Å². The number of anilines is 1. The van der Waals surface area contributed by atoms with Crippen LogP contribution in [-0.2, 0) is 6.61 Å². The molecule has 7 nitrogen and oxygen atoms in total. The second-order valence-corrected chi connectivity index (χ2v) is 9.62. The molecule has 1 atom stereocenters. The Labute approximate surface area is 239 Å². The van der Waals surface area contributed by atoms with E-state index in [1.165, 1.54) is 0 Å². The summed E-state index contributed by atoms with van der Waals surface area (Å²) in [6.07, 6.45) is 0.654. The number of halogens is 1. The summed E-state index contributed by atoms with van der Waals surface area (Å²) in [6.45, 7) is 0.404. The normalized spacial score (nSPS) is 14.5. The molecule has 206 valence electrons. The van der Waals surface area contributed by atoms with Crippen molar-refractivity contribution in [1.82, 2.24) is 0 Å². The van der Waals surface area contributed by atoms with Gasteiger partial charge in [-0.1, -0.05) is 48.0 Å². The van der Waals surface area contributed by atoms with Gasteiger partial charge in [0.1, 0.15) is 6.61 Å². The molecule has 0 fully saturated rings. The zero-order chi connectivity index (χ0) is 28.1. The highest BCUT2D eigenvalue weighted by molar-refractivity contribution is 6.30. The van der Waals surface area contributed by atoms with Crippen molar-refractivity contribution in [3.05, 3.63) is 107 Å². The first-order valence-electron chi connectivity index (χ1n) is 12.8. The highest BCUT2D eigenvalue weighted by Crippen LogP contribution is 2.43. The number of para-hydroxylation sites is 1. The molecular weight excluding hydrogens is 528 g/mol. The van der Waals surface area contributed by atoms with Gasteiger partial charge in [0.2, 0.25) is 5.75 Å². The lowest BCUT2D eigenvalue weighted by molar-refractivity contribution is 0.284. The molecule has 0 amide bonds. The molecule has 0 aromatic heterocycles. The SMILES string of the molecule is COc1cc(C2CC(c3cc(OC)c(OC)c(OC)c3)=NN2c2ccccc2)ccc1OCc1ccc(Cl)cc1. The molecule has 0 saturated carbocycles. The number of hydrogen-bond acceptors (Lipinski definition) is 7. The molecule has 0 radical (unpaired) electrons. The standard InChI is InChI=1S/C32H31ClN2O5/c1-36-29-16-22(12-15-28(29)40-20-21-10-13-24(33)14-11-21)27-19-26(34-35(27)25-8-6-5-7-9-25)23-17-30(37-2)32(39-4)31(18-23)38-3/h5-18,27H,19-20H2,1-4H3. The van der Waals surface area contributed by atoms with Gasteiger partial charge in [0, 0.05) is 17.0 Å². The summed E-state index contributed by atoms with van der Waals surface area (Å²) in [5, 5.41) is 7.80. The molecule has 1 aliphatic rings. The van der Waals surface area contributed by atoms with E-state index in [0.717, 1.165) is 28.1 Å². The van der Waals surface area contributed by atoms with Gasteiger partial charge in [-0.3, -0.25) is 5.01 Å². The average Bonchev–Trinajstić information content (AvgIpc) is 3.46. The summed E-state index contributed by atoms with van der Waals surface area (Å²) in [5.41, 5.74) is 4.84. The first-order valence-corrected chi connectivity index (χ1v) is 13.2. The van der Waals surface area contributed by atoms with Gasteiger partial charge >= 0.3 is 0 Å². The van der Waals surface area contributed by atoms with Crippen LogP contribution in [0.2, 0.25) is 5.02 Å². The Balaban J connectivity index is 1.47. The van der Waals surface area contributed by atoms with E-state index >= 15 is 0 Å². The van der Waals surface area contributed by atoms with E-state index in [9.17, 15) is 0 Å². The van der Waals surface area contributed by atoms with Crippen LogP contribution in [0, 0.1) is 0 Å². The van der Waals surface area contributed by atoms with Gasteiger partial charge in [0.25, 0.3) is 0 Å². The monoisotopic (exact) mass is 558 g/mol. The van der Waals surface area contributed by atoms with Gasteiger partial charge in [-0.15, -0.1) is 0 Å². The van der Waals surface area contributed by atoms with Crippen LogP contribution in [0.4, 0.5) is 5.69 Å². The van der Waals surface area contributed by atoms with Crippen molar-refractivity contribution in [2.45, 2.75) is 19.1 Å². The van der Waals surface area contributed by atoms with Crippen molar-refractivity contribution in [1.29, 1.82) is 0 Å². The van der Waals surface area contributed by atoms with Crippen LogP contribution in [0.5, 0.6) is 28.7 Å². The molecule has 0 N–H and O–H groups in total. The number of benzene rings is 4. The predicted molar refractivity (Wildman–Crippen MR) is 158 cm³/mol. The summed E-state index contributed by atoms with van der Waals surface area (Å²) in [7, 11) is 6.46. The van der Waals surface area contributed by atoms with Crippen molar-refractivity contribution in [2.24, 2.45) is 5.10 Å². The Kier molecular flexibility index (Phi) is 8.31. The third kappa shape index (κ3) is 5.65. The van der Waals surface area contributed by atoms with Crippen LogP contribution in [0.3, 0.4) is 0 Å². The van der Waals surface area contributed by atoms with Crippen LogP contribution in [0.25, 0.3) is 0 Å². The van der Waals surface area contributed by atoms with E-state index in [4.69, 9.17) is 40.4 Å². The summed E-state index contributed by atoms with van der Waals surface area (Å²) < 4.78 is 28.5. The number of rotatable bonds is 10. The van der Waals surface area contributed by atoms with E-state index in [1.807, 2.05) is 71.7 Å². The van der Waals surface area contributed by atoms with E-state index in [-0.39, 0.29) is 6.04 Å². The zero-order valence-corrected chi connectivity index (χ0v) is 23.6. The summed E-state index contributed by atoms with van der Waals surface area (Å²) in [4.78, 5) is 0. The maximum Gasteiger partial charge on any atom is 0.203 e. The van der Waals surface area contributed by atoms with Gasteiger partial charge in [0.15, 0.2) is 23.0 Å². The smallest absolute Gasteiger partial charge is 0.203 e. The molecule has 8 heteroatoms. The van der Waals surface area contributed by atoms with Gasteiger partial charge in [-0.25, -0.2) is 0 Å². The van der Waals surface area contributed by atoms with Crippen molar-refractivity contribution >= 4 is 23.0 Å². The topological polar surface area (TPSA) is 61.8 Å². The molecule has 0 spiro atoms. The number of nitrogens with zero attached hydrogens (tertiary/aromatic N) is 2. The molecular formula is C32H31ClN2O5. The number of methoxy groups -OCH3 is 4. The Morgan fingerprint density at radius 1 is 0.750 bits per heavy atom. The lowest BCUT2D eigenvalue weighted by atomic mass is 9.97. The maximum atomic E-state index is 6.10. The van der Waals surface area contributed by atoms with Gasteiger partial charge in [0.05, 0.1) is 45.9 Å². The molecule has 0 aliphatic carbocycles. The molecule has 40 heavy (non-hydrogen) atoms. The van der Waals surface area contributed by atoms with Crippen molar-refractivity contribution in [3.8, 4) is 28.7 Å². The first-order chi connectivity index (χ1) is 19.5. The maximum absolute atomic E-state index is 6.10. The fourth-order valence-electron chi connectivity index (χ4n) is 4.76. The van der Waals surface area contributed by atoms with Gasteiger partial charge < -0.3 is 23.7 Å². The summed E-state index contributed by atoms with van der Waals surface area (Å²) in [6, 6.07) is 27.5. The number of hydrogen-bond donors (Lipinski definition) is 0. The Morgan fingerprint density at radius 3 is 2.05 bits per heavy atom. The number of hydrazone groups is 1. The van der Waals surface area contributed by atoms with E-state index in [1.54, 1.807) is 28.4 Å². The molecule has 1 aliphatic heterocycles. The first kappa shape index (κ1) is 27.2. The summed E-state index contributed by atoms with van der Waals surface area (Å²) in [5.74, 6) is 3.02. The molecule has 4 aromatic rings. The minimum atomic E-state index is -0.0734. The van der Waals surface area contributed by atoms with Crippen molar-refractivity contribution < 1.29 is 23.7 Å². The fourth-order valence-corrected chi connectivity index (χ4v) is 4.89. The second kappa shape index (κ2) is 12.2. The summed E-state index contributed by atoms with van der Waals surface area (Å²) >= 11 is 6.01. The van der Waals surface area contributed by atoms with Crippen LogP contribution in [0.15, 0.2) is 90.0 Å². The highest BCUT2D eigenvalue weighted by atomic mass is 35.5. The van der Waals surface area contributed by atoms with Crippen LogP contribution in [-0.4, -0.2) is 34.2 Å². The lowest BCUT2D eigenvalue weighted by Crippen LogP contribution is -2.18. The number of ether oxygens (including phenoxy) is 5. The third-order valence-electron chi connectivity index (χ3n) is 6.81. The van der Waals surface area contributed by atoms with Crippen LogP contribution in [0.1, 0.15) is 29.2 Å². The minimum Gasteiger partial charge on any atom is -0.493 e. The second-order valence-electron chi connectivity index (χ2n) is 9.19. The zero-order valence-electron chi connectivity index (χ0n) is 22.9. The Hall–Kier alpha value is -4.36. The lowest BCUT2D eigenvalue weighted by Gasteiger charge is -2.24. The predicted octanol–water partition coefficient (Wildman–Crippen LogP) is 7.31. The van der Waals surface area contributed by atoms with Crippen molar-refractivity contribution in [3.63, 3.8) is 0 Å². The molecule has 1 unspecified atom stereocenters. The molecule has 0 saturated heterocycles.